The van der Waals surface area contributed by atoms with E-state index in [1.807, 2.05) is 0 Å². The number of amides is 1. The Morgan fingerprint density at radius 3 is 2.89 bits per heavy atom. The first kappa shape index (κ1) is 13.7. The molecule has 1 saturated heterocycles. The van der Waals surface area contributed by atoms with Gasteiger partial charge in [-0.1, -0.05) is 0 Å². The summed E-state index contributed by atoms with van der Waals surface area (Å²) in [4.78, 5) is 13.1. The number of anilines is 1. The van der Waals surface area contributed by atoms with E-state index in [2.05, 4.69) is 15.5 Å². The molecule has 0 aliphatic carbocycles. The Balaban J connectivity index is 1.86. The number of ether oxygens (including phenoxy) is 1. The van der Waals surface area contributed by atoms with Crippen LogP contribution < -0.4 is 5.32 Å². The number of aromatic nitrogens is 2. The Morgan fingerprint density at radius 1 is 1.47 bits per heavy atom. The van der Waals surface area contributed by atoms with Gasteiger partial charge in [0.25, 0.3) is 5.91 Å². The molecule has 1 atom stereocenters. The Kier molecular flexibility index (Phi) is 4.68. The van der Waals surface area contributed by atoms with Gasteiger partial charge >= 0.3 is 0 Å². The van der Waals surface area contributed by atoms with E-state index >= 15 is 0 Å². The molecule has 2 heterocycles. The third-order valence-corrected chi connectivity index (χ3v) is 3.12. The maximum Gasteiger partial charge on any atom is 0.273 e. The fraction of sp³-hybridized carbons (Fsp3) is 0.615. The molecule has 1 unspecified atom stereocenters. The van der Waals surface area contributed by atoms with Gasteiger partial charge in [-0.05, 0) is 30.9 Å². The van der Waals surface area contributed by atoms with E-state index in [1.165, 1.54) is 11.3 Å². The van der Waals surface area contributed by atoms with E-state index in [4.69, 9.17) is 4.74 Å². The zero-order valence-corrected chi connectivity index (χ0v) is 11.4. The van der Waals surface area contributed by atoms with Crippen molar-refractivity contribution in [2.75, 3.05) is 39.2 Å². The zero-order valence-electron chi connectivity index (χ0n) is 11.4. The van der Waals surface area contributed by atoms with Crippen LogP contribution >= 0.6 is 0 Å². The van der Waals surface area contributed by atoms with Crippen molar-refractivity contribution >= 4 is 11.7 Å². The van der Waals surface area contributed by atoms with Gasteiger partial charge < -0.3 is 15.0 Å². The molecule has 1 aliphatic rings. The largest absolute Gasteiger partial charge is 0.381 e. The summed E-state index contributed by atoms with van der Waals surface area (Å²) in [5.74, 6) is 1.08. The Hall–Kier alpha value is -1.69. The number of hydrogen-bond acceptors (Lipinski definition) is 5. The first-order valence-corrected chi connectivity index (χ1v) is 6.54. The highest BCUT2D eigenvalue weighted by Crippen LogP contribution is 2.14. The summed E-state index contributed by atoms with van der Waals surface area (Å²) >= 11 is 0. The molecule has 1 N–H and O–H groups in total. The van der Waals surface area contributed by atoms with Gasteiger partial charge in [-0.15, -0.1) is 10.2 Å². The number of hydrogen-bond donors (Lipinski definition) is 1. The molecule has 1 amide bonds. The van der Waals surface area contributed by atoms with Crippen LogP contribution in [0.2, 0.25) is 0 Å². The fourth-order valence-electron chi connectivity index (χ4n) is 1.99. The van der Waals surface area contributed by atoms with Crippen LogP contribution in [0.1, 0.15) is 23.3 Å². The van der Waals surface area contributed by atoms with E-state index in [-0.39, 0.29) is 5.91 Å². The summed E-state index contributed by atoms with van der Waals surface area (Å²) in [5.41, 5.74) is 0.358. The van der Waals surface area contributed by atoms with Crippen LogP contribution in [-0.2, 0) is 4.74 Å². The SMILES string of the molecule is CN(C)C(=O)c1ccc(NCC2CCCOC2)nn1. The molecule has 0 saturated carbocycles. The first-order chi connectivity index (χ1) is 9.16. The smallest absolute Gasteiger partial charge is 0.273 e. The summed E-state index contributed by atoms with van der Waals surface area (Å²) < 4.78 is 5.42. The van der Waals surface area contributed by atoms with Crippen molar-refractivity contribution in [3.05, 3.63) is 17.8 Å². The van der Waals surface area contributed by atoms with E-state index in [0.717, 1.165) is 26.2 Å². The fourth-order valence-corrected chi connectivity index (χ4v) is 1.99. The molecule has 6 heteroatoms. The highest BCUT2D eigenvalue weighted by atomic mass is 16.5. The van der Waals surface area contributed by atoms with E-state index in [9.17, 15) is 4.79 Å². The van der Waals surface area contributed by atoms with Crippen LogP contribution in [0.5, 0.6) is 0 Å². The molecule has 104 valence electrons. The minimum Gasteiger partial charge on any atom is -0.381 e. The number of nitrogens with one attached hydrogen (secondary N) is 1. The van der Waals surface area contributed by atoms with Crippen molar-refractivity contribution in [2.24, 2.45) is 5.92 Å². The summed E-state index contributed by atoms with van der Waals surface area (Å²) in [5, 5.41) is 11.2. The van der Waals surface area contributed by atoms with Crippen molar-refractivity contribution in [1.82, 2.24) is 15.1 Å². The monoisotopic (exact) mass is 264 g/mol. The average molecular weight is 264 g/mol. The highest BCUT2D eigenvalue weighted by Gasteiger charge is 2.14. The lowest BCUT2D eigenvalue weighted by Gasteiger charge is -2.22. The van der Waals surface area contributed by atoms with Gasteiger partial charge in [-0.25, -0.2) is 0 Å². The Bertz CT molecular complexity index is 413. The minimum absolute atomic E-state index is 0.139. The van der Waals surface area contributed by atoms with Crippen LogP contribution in [0.15, 0.2) is 12.1 Å². The number of carbonyl (C=O) groups excluding carboxylic acids is 1. The van der Waals surface area contributed by atoms with E-state index in [0.29, 0.717) is 17.4 Å². The molecule has 2 rings (SSSR count). The Morgan fingerprint density at radius 2 is 2.32 bits per heavy atom. The standard InChI is InChI=1S/C13H20N4O2/c1-17(2)13(18)11-5-6-12(16-15-11)14-8-10-4-3-7-19-9-10/h5-6,10H,3-4,7-9H2,1-2H3,(H,14,16). The molecular formula is C13H20N4O2. The molecule has 1 aliphatic heterocycles. The number of carbonyl (C=O) groups is 1. The van der Waals surface area contributed by atoms with Crippen LogP contribution in [0, 0.1) is 5.92 Å². The van der Waals surface area contributed by atoms with Crippen molar-refractivity contribution in [3.63, 3.8) is 0 Å². The lowest BCUT2D eigenvalue weighted by atomic mass is 10.0. The molecular weight excluding hydrogens is 244 g/mol. The quantitative estimate of drug-likeness (QED) is 0.879. The second kappa shape index (κ2) is 6.47. The molecule has 0 spiro atoms. The molecule has 6 nitrogen and oxygen atoms in total. The minimum atomic E-state index is -0.139. The third kappa shape index (κ3) is 3.89. The van der Waals surface area contributed by atoms with Crippen LogP contribution in [0.25, 0.3) is 0 Å². The molecule has 1 fully saturated rings. The second-order valence-electron chi connectivity index (χ2n) is 4.97. The number of rotatable bonds is 4. The van der Waals surface area contributed by atoms with E-state index in [1.54, 1.807) is 26.2 Å². The predicted molar refractivity (Wildman–Crippen MR) is 72.1 cm³/mol. The van der Waals surface area contributed by atoms with Crippen LogP contribution in [-0.4, -0.2) is 54.9 Å². The Labute approximate surface area is 113 Å². The average Bonchev–Trinajstić information content (AvgIpc) is 2.46. The topological polar surface area (TPSA) is 67.4 Å². The molecule has 0 aromatic carbocycles. The van der Waals surface area contributed by atoms with Gasteiger partial charge in [0, 0.05) is 27.2 Å². The van der Waals surface area contributed by atoms with Crippen molar-refractivity contribution < 1.29 is 9.53 Å². The zero-order chi connectivity index (χ0) is 13.7. The van der Waals surface area contributed by atoms with Crippen molar-refractivity contribution in [3.8, 4) is 0 Å². The molecule has 19 heavy (non-hydrogen) atoms. The maximum absolute atomic E-state index is 11.6. The van der Waals surface area contributed by atoms with E-state index < -0.39 is 0 Å². The van der Waals surface area contributed by atoms with Gasteiger partial charge in [0.2, 0.25) is 0 Å². The van der Waals surface area contributed by atoms with Gasteiger partial charge in [0.1, 0.15) is 5.82 Å². The normalized spacial score (nSPS) is 18.9. The molecule has 0 radical (unpaired) electrons. The lowest BCUT2D eigenvalue weighted by Crippen LogP contribution is -2.25. The lowest BCUT2D eigenvalue weighted by molar-refractivity contribution is 0.0595. The highest BCUT2D eigenvalue weighted by molar-refractivity contribution is 5.91. The summed E-state index contributed by atoms with van der Waals surface area (Å²) in [6.45, 7) is 2.50. The van der Waals surface area contributed by atoms with Gasteiger partial charge in [0.05, 0.1) is 6.61 Å². The number of nitrogens with zero attached hydrogens (tertiary/aromatic N) is 3. The van der Waals surface area contributed by atoms with Gasteiger partial charge in [-0.3, -0.25) is 4.79 Å². The third-order valence-electron chi connectivity index (χ3n) is 3.12. The summed E-state index contributed by atoms with van der Waals surface area (Å²) in [6, 6.07) is 3.47. The predicted octanol–water partition coefficient (Wildman–Crippen LogP) is 1.02. The van der Waals surface area contributed by atoms with Crippen LogP contribution in [0.4, 0.5) is 5.82 Å². The summed E-state index contributed by atoms with van der Waals surface area (Å²) in [7, 11) is 3.39. The summed E-state index contributed by atoms with van der Waals surface area (Å²) in [6.07, 6.45) is 2.30. The van der Waals surface area contributed by atoms with Gasteiger partial charge in [-0.2, -0.15) is 0 Å². The van der Waals surface area contributed by atoms with Crippen molar-refractivity contribution in [2.45, 2.75) is 12.8 Å². The first-order valence-electron chi connectivity index (χ1n) is 6.54. The maximum atomic E-state index is 11.6. The van der Waals surface area contributed by atoms with Gasteiger partial charge in [0.15, 0.2) is 5.69 Å². The molecule has 1 aromatic rings. The second-order valence-corrected chi connectivity index (χ2v) is 4.97. The molecule has 0 bridgehead atoms. The van der Waals surface area contributed by atoms with Crippen LogP contribution in [0.3, 0.4) is 0 Å². The molecule has 1 aromatic heterocycles. The van der Waals surface area contributed by atoms with Crippen molar-refractivity contribution in [1.29, 1.82) is 0 Å².